The minimum absolute atomic E-state index is 0.174. The van der Waals surface area contributed by atoms with Gasteiger partial charge in [0.2, 0.25) is 5.91 Å². The van der Waals surface area contributed by atoms with Crippen molar-refractivity contribution in [3.63, 3.8) is 0 Å². The van der Waals surface area contributed by atoms with Gasteiger partial charge in [-0.1, -0.05) is 29.8 Å². The van der Waals surface area contributed by atoms with Crippen molar-refractivity contribution >= 4 is 23.2 Å². The predicted molar refractivity (Wildman–Crippen MR) is 102 cm³/mol. The molecular weight excluding hydrogens is 336 g/mol. The highest BCUT2D eigenvalue weighted by Gasteiger charge is 2.22. The lowest BCUT2D eigenvalue weighted by Crippen LogP contribution is -2.49. The van der Waals surface area contributed by atoms with Crippen molar-refractivity contribution in [2.45, 2.75) is 13.3 Å². The van der Waals surface area contributed by atoms with Crippen molar-refractivity contribution in [2.24, 2.45) is 0 Å². The van der Waals surface area contributed by atoms with Gasteiger partial charge in [0.05, 0.1) is 13.5 Å². The van der Waals surface area contributed by atoms with E-state index in [0.29, 0.717) is 6.42 Å². The summed E-state index contributed by atoms with van der Waals surface area (Å²) >= 11 is 6.13. The van der Waals surface area contributed by atoms with Crippen LogP contribution in [0.5, 0.6) is 5.75 Å². The Morgan fingerprint density at radius 2 is 1.76 bits per heavy atom. The summed E-state index contributed by atoms with van der Waals surface area (Å²) in [6.07, 6.45) is 0.431. The number of carbonyl (C=O) groups is 1. The van der Waals surface area contributed by atoms with Gasteiger partial charge < -0.3 is 14.5 Å². The Bertz CT molecular complexity index is 738. The number of nitrogens with zero attached hydrogens (tertiary/aromatic N) is 2. The molecule has 1 amide bonds. The number of amides is 1. The number of rotatable bonds is 4. The van der Waals surface area contributed by atoms with Crippen LogP contribution in [-0.4, -0.2) is 44.1 Å². The van der Waals surface area contributed by atoms with E-state index in [9.17, 15) is 4.79 Å². The lowest BCUT2D eigenvalue weighted by Gasteiger charge is -2.37. The molecule has 1 aliphatic rings. The third-order valence-electron chi connectivity index (χ3n) is 4.66. The number of anilines is 1. The molecule has 3 rings (SSSR count). The van der Waals surface area contributed by atoms with Gasteiger partial charge in [-0.2, -0.15) is 0 Å². The molecule has 0 saturated carbocycles. The van der Waals surface area contributed by atoms with Gasteiger partial charge in [0.1, 0.15) is 5.75 Å². The zero-order valence-electron chi connectivity index (χ0n) is 14.7. The number of ether oxygens (including phenoxy) is 1. The number of hydrogen-bond acceptors (Lipinski definition) is 3. The Morgan fingerprint density at radius 1 is 1.08 bits per heavy atom. The number of aryl methyl sites for hydroxylation is 1. The fourth-order valence-electron chi connectivity index (χ4n) is 3.15. The Balaban J connectivity index is 1.57. The van der Waals surface area contributed by atoms with Crippen molar-refractivity contribution in [1.29, 1.82) is 0 Å². The highest BCUT2D eigenvalue weighted by Crippen LogP contribution is 2.25. The molecule has 0 aliphatic carbocycles. The molecule has 0 spiro atoms. The van der Waals surface area contributed by atoms with E-state index in [1.165, 1.54) is 5.56 Å². The number of hydrogen-bond donors (Lipinski definition) is 0. The van der Waals surface area contributed by atoms with Gasteiger partial charge in [-0.15, -0.1) is 0 Å². The fraction of sp³-hybridized carbons (Fsp3) is 0.350. The van der Waals surface area contributed by atoms with Crippen LogP contribution in [0, 0.1) is 6.92 Å². The molecule has 2 aromatic rings. The van der Waals surface area contributed by atoms with Gasteiger partial charge in [-0.05, 0) is 42.3 Å². The number of benzene rings is 2. The summed E-state index contributed by atoms with van der Waals surface area (Å²) in [4.78, 5) is 16.8. The first-order valence-corrected chi connectivity index (χ1v) is 8.86. The van der Waals surface area contributed by atoms with Crippen LogP contribution in [0.4, 0.5) is 5.69 Å². The van der Waals surface area contributed by atoms with E-state index in [-0.39, 0.29) is 5.91 Å². The average molecular weight is 359 g/mol. The van der Waals surface area contributed by atoms with Gasteiger partial charge in [-0.3, -0.25) is 4.79 Å². The van der Waals surface area contributed by atoms with Gasteiger partial charge in [0.15, 0.2) is 0 Å². The minimum atomic E-state index is 0.174. The van der Waals surface area contributed by atoms with Gasteiger partial charge in [0, 0.05) is 36.9 Å². The molecule has 0 radical (unpaired) electrons. The summed E-state index contributed by atoms with van der Waals surface area (Å²) < 4.78 is 5.15. The Kier molecular flexibility index (Phi) is 5.49. The van der Waals surface area contributed by atoms with Crippen LogP contribution in [0.25, 0.3) is 0 Å². The Labute approximate surface area is 154 Å². The monoisotopic (exact) mass is 358 g/mol. The van der Waals surface area contributed by atoms with E-state index in [1.807, 2.05) is 47.4 Å². The number of halogens is 1. The molecule has 1 saturated heterocycles. The van der Waals surface area contributed by atoms with Crippen LogP contribution in [0.1, 0.15) is 11.1 Å². The van der Waals surface area contributed by atoms with Crippen molar-refractivity contribution in [2.75, 3.05) is 38.2 Å². The molecule has 132 valence electrons. The van der Waals surface area contributed by atoms with Crippen LogP contribution in [0.2, 0.25) is 5.02 Å². The highest BCUT2D eigenvalue weighted by atomic mass is 35.5. The van der Waals surface area contributed by atoms with Gasteiger partial charge in [0.25, 0.3) is 0 Å². The summed E-state index contributed by atoms with van der Waals surface area (Å²) in [7, 11) is 1.64. The first-order chi connectivity index (χ1) is 12.1. The zero-order valence-corrected chi connectivity index (χ0v) is 15.4. The van der Waals surface area contributed by atoms with Crippen LogP contribution in [0.3, 0.4) is 0 Å². The van der Waals surface area contributed by atoms with E-state index in [1.54, 1.807) is 7.11 Å². The molecule has 0 bridgehead atoms. The third-order valence-corrected chi connectivity index (χ3v) is 4.89. The molecule has 1 aliphatic heterocycles. The topological polar surface area (TPSA) is 32.8 Å². The van der Waals surface area contributed by atoms with Crippen LogP contribution in [-0.2, 0) is 11.2 Å². The molecule has 1 heterocycles. The first-order valence-electron chi connectivity index (χ1n) is 8.48. The highest BCUT2D eigenvalue weighted by molar-refractivity contribution is 6.30. The van der Waals surface area contributed by atoms with Crippen molar-refractivity contribution < 1.29 is 9.53 Å². The Hall–Kier alpha value is -2.20. The maximum absolute atomic E-state index is 12.5. The lowest BCUT2D eigenvalue weighted by atomic mass is 10.1. The van der Waals surface area contributed by atoms with Crippen LogP contribution in [0.15, 0.2) is 42.5 Å². The second-order valence-corrected chi connectivity index (χ2v) is 6.76. The zero-order chi connectivity index (χ0) is 17.8. The second-order valence-electron chi connectivity index (χ2n) is 6.32. The minimum Gasteiger partial charge on any atom is -0.497 e. The quantitative estimate of drug-likeness (QED) is 0.838. The second kappa shape index (κ2) is 7.79. The van der Waals surface area contributed by atoms with Crippen molar-refractivity contribution in [3.8, 4) is 5.75 Å². The van der Waals surface area contributed by atoms with Crippen molar-refractivity contribution in [3.05, 3.63) is 58.6 Å². The average Bonchev–Trinajstić information content (AvgIpc) is 2.64. The predicted octanol–water partition coefficient (Wildman–Crippen LogP) is 3.55. The lowest BCUT2D eigenvalue weighted by molar-refractivity contribution is -0.130. The van der Waals surface area contributed by atoms with E-state index >= 15 is 0 Å². The summed E-state index contributed by atoms with van der Waals surface area (Å²) in [5, 5.41) is 0.749. The normalized spacial score (nSPS) is 14.5. The SMILES string of the molecule is COc1ccc(CC(=O)N2CCN(c3cc(Cl)ccc3C)CC2)cc1. The largest absolute Gasteiger partial charge is 0.497 e. The van der Waals surface area contributed by atoms with Crippen molar-refractivity contribution in [1.82, 2.24) is 4.90 Å². The summed E-state index contributed by atoms with van der Waals surface area (Å²) in [5.74, 6) is 0.981. The third kappa shape index (κ3) is 4.26. The van der Waals surface area contributed by atoms with Gasteiger partial charge >= 0.3 is 0 Å². The molecule has 1 fully saturated rings. The first kappa shape index (κ1) is 17.6. The van der Waals surface area contributed by atoms with Crippen LogP contribution < -0.4 is 9.64 Å². The molecular formula is C20H23ClN2O2. The summed E-state index contributed by atoms with van der Waals surface area (Å²) in [5.41, 5.74) is 3.39. The smallest absolute Gasteiger partial charge is 0.227 e. The molecule has 4 nitrogen and oxygen atoms in total. The van der Waals surface area contributed by atoms with E-state index in [0.717, 1.165) is 48.2 Å². The van der Waals surface area contributed by atoms with E-state index in [4.69, 9.17) is 16.3 Å². The standard InChI is InChI=1S/C20H23ClN2O2/c1-15-3-6-17(21)14-19(15)22-9-11-23(12-10-22)20(24)13-16-4-7-18(25-2)8-5-16/h3-8,14H,9-13H2,1-2H3. The molecule has 25 heavy (non-hydrogen) atoms. The summed E-state index contributed by atoms with van der Waals surface area (Å²) in [6, 6.07) is 13.6. The molecule has 0 atom stereocenters. The summed E-state index contributed by atoms with van der Waals surface area (Å²) in [6.45, 7) is 5.22. The van der Waals surface area contributed by atoms with Crippen LogP contribution >= 0.6 is 11.6 Å². The van der Waals surface area contributed by atoms with Gasteiger partial charge in [-0.25, -0.2) is 0 Å². The maximum atomic E-state index is 12.5. The Morgan fingerprint density at radius 3 is 2.40 bits per heavy atom. The van der Waals surface area contributed by atoms with E-state index < -0.39 is 0 Å². The molecule has 5 heteroatoms. The molecule has 0 aromatic heterocycles. The number of methoxy groups -OCH3 is 1. The fourth-order valence-corrected chi connectivity index (χ4v) is 3.32. The maximum Gasteiger partial charge on any atom is 0.227 e. The van der Waals surface area contributed by atoms with E-state index in [2.05, 4.69) is 11.8 Å². The number of piperazine rings is 1. The molecule has 2 aromatic carbocycles. The molecule has 0 unspecified atom stereocenters. The molecule has 0 N–H and O–H groups in total. The number of carbonyl (C=O) groups excluding carboxylic acids is 1.